The standard InChI is InChI=1S/C16H23N3.HI/c1-10-6-11(2)8-13(7-10)18-16(17)19-15-9-14(15)12-4-3-5-12;/h6-8,12,14-15H,3-5,9H2,1-2H3,(H3,17,18,19);1H/t14-,15+;/m0./s1. The number of nitrogens with two attached hydrogens (primary N) is 1. The molecule has 2 atom stereocenters. The van der Waals surface area contributed by atoms with Gasteiger partial charge in [0.25, 0.3) is 0 Å². The van der Waals surface area contributed by atoms with Crippen LogP contribution in [-0.4, -0.2) is 12.0 Å². The van der Waals surface area contributed by atoms with Crippen LogP contribution in [0.15, 0.2) is 23.2 Å². The largest absolute Gasteiger partial charge is 0.370 e. The minimum absolute atomic E-state index is 0. The molecule has 4 heteroatoms. The number of rotatable bonds is 3. The van der Waals surface area contributed by atoms with Crippen molar-refractivity contribution >= 4 is 35.6 Å². The van der Waals surface area contributed by atoms with E-state index in [0.29, 0.717) is 12.0 Å². The predicted molar refractivity (Wildman–Crippen MR) is 95.8 cm³/mol. The van der Waals surface area contributed by atoms with Gasteiger partial charge in [0.1, 0.15) is 0 Å². The normalized spacial score (nSPS) is 25.6. The molecule has 1 aromatic carbocycles. The second-order valence-electron chi connectivity index (χ2n) is 6.17. The zero-order valence-corrected chi connectivity index (χ0v) is 14.6. The van der Waals surface area contributed by atoms with Crippen molar-refractivity contribution in [2.45, 2.75) is 45.6 Å². The van der Waals surface area contributed by atoms with Crippen molar-refractivity contribution < 1.29 is 0 Å². The zero-order chi connectivity index (χ0) is 13.4. The highest BCUT2D eigenvalue weighted by atomic mass is 127. The van der Waals surface area contributed by atoms with Gasteiger partial charge in [0.05, 0.1) is 6.04 Å². The quantitative estimate of drug-likeness (QED) is 0.472. The maximum absolute atomic E-state index is 6.01. The van der Waals surface area contributed by atoms with Gasteiger partial charge >= 0.3 is 0 Å². The summed E-state index contributed by atoms with van der Waals surface area (Å²) in [4.78, 5) is 4.61. The highest BCUT2D eigenvalue weighted by Crippen LogP contribution is 2.48. The molecule has 3 nitrogen and oxygen atoms in total. The van der Waals surface area contributed by atoms with Crippen LogP contribution in [0.5, 0.6) is 0 Å². The number of aryl methyl sites for hydroxylation is 2. The van der Waals surface area contributed by atoms with Crippen LogP contribution in [0.25, 0.3) is 0 Å². The number of hydrogen-bond donors (Lipinski definition) is 2. The van der Waals surface area contributed by atoms with Crippen LogP contribution in [0.2, 0.25) is 0 Å². The van der Waals surface area contributed by atoms with Crippen LogP contribution < -0.4 is 11.1 Å². The molecule has 20 heavy (non-hydrogen) atoms. The molecular weight excluding hydrogens is 361 g/mol. The second-order valence-corrected chi connectivity index (χ2v) is 6.17. The van der Waals surface area contributed by atoms with E-state index in [1.807, 2.05) is 0 Å². The Morgan fingerprint density at radius 1 is 1.20 bits per heavy atom. The molecule has 0 unspecified atom stereocenters. The van der Waals surface area contributed by atoms with Gasteiger partial charge in [-0.15, -0.1) is 24.0 Å². The molecule has 2 fully saturated rings. The molecule has 110 valence electrons. The van der Waals surface area contributed by atoms with E-state index in [1.54, 1.807) is 0 Å². The molecule has 0 saturated heterocycles. The Kier molecular flexibility index (Phi) is 4.94. The number of hydrogen-bond acceptors (Lipinski definition) is 1. The van der Waals surface area contributed by atoms with Crippen LogP contribution in [0, 0.1) is 25.7 Å². The smallest absolute Gasteiger partial charge is 0.193 e. The van der Waals surface area contributed by atoms with E-state index < -0.39 is 0 Å². The van der Waals surface area contributed by atoms with Crippen LogP contribution in [0.1, 0.15) is 36.8 Å². The lowest BCUT2D eigenvalue weighted by Crippen LogP contribution is -2.24. The Labute approximate surface area is 138 Å². The van der Waals surface area contributed by atoms with Gasteiger partial charge in [-0.3, -0.25) is 0 Å². The number of benzene rings is 1. The predicted octanol–water partition coefficient (Wildman–Crippen LogP) is 3.84. The molecule has 1 aromatic rings. The minimum Gasteiger partial charge on any atom is -0.370 e. The van der Waals surface area contributed by atoms with Crippen LogP contribution in [0.3, 0.4) is 0 Å². The number of nitrogens with one attached hydrogen (secondary N) is 1. The van der Waals surface area contributed by atoms with Crippen LogP contribution in [-0.2, 0) is 0 Å². The summed E-state index contributed by atoms with van der Waals surface area (Å²) in [6.07, 6.45) is 5.45. The lowest BCUT2D eigenvalue weighted by molar-refractivity contribution is 0.274. The fourth-order valence-corrected chi connectivity index (χ4v) is 3.13. The molecule has 3 rings (SSSR count). The lowest BCUT2D eigenvalue weighted by atomic mass is 9.81. The third-order valence-corrected chi connectivity index (χ3v) is 4.36. The SMILES string of the molecule is Cc1cc(C)cc(NC(N)=N[C@@H]2C[C@H]2C2CCC2)c1.I. The van der Waals surface area contributed by atoms with E-state index in [9.17, 15) is 0 Å². The fraction of sp³-hybridized carbons (Fsp3) is 0.562. The second kappa shape index (κ2) is 6.33. The third kappa shape index (κ3) is 3.65. The first-order chi connectivity index (χ1) is 9.11. The van der Waals surface area contributed by atoms with E-state index in [2.05, 4.69) is 42.4 Å². The number of nitrogens with zero attached hydrogens (tertiary/aromatic N) is 1. The van der Waals surface area contributed by atoms with Crippen molar-refractivity contribution in [3.8, 4) is 0 Å². The van der Waals surface area contributed by atoms with Crippen molar-refractivity contribution in [3.63, 3.8) is 0 Å². The molecule has 2 saturated carbocycles. The molecule has 2 aliphatic rings. The van der Waals surface area contributed by atoms with E-state index in [4.69, 9.17) is 5.73 Å². The van der Waals surface area contributed by atoms with Crippen LogP contribution in [0.4, 0.5) is 5.69 Å². The lowest BCUT2D eigenvalue weighted by Gasteiger charge is -2.25. The highest BCUT2D eigenvalue weighted by molar-refractivity contribution is 14.0. The zero-order valence-electron chi connectivity index (χ0n) is 12.2. The van der Waals surface area contributed by atoms with Crippen LogP contribution >= 0.6 is 24.0 Å². The van der Waals surface area contributed by atoms with E-state index in [1.165, 1.54) is 36.8 Å². The van der Waals surface area contributed by atoms with Gasteiger partial charge in [0, 0.05) is 5.69 Å². The summed E-state index contributed by atoms with van der Waals surface area (Å²) in [5.74, 6) is 2.31. The average molecular weight is 385 g/mol. The fourth-order valence-electron chi connectivity index (χ4n) is 3.13. The number of guanidine groups is 1. The average Bonchev–Trinajstić information content (AvgIpc) is 2.91. The van der Waals surface area contributed by atoms with Gasteiger partial charge in [0.2, 0.25) is 0 Å². The first kappa shape index (κ1) is 15.6. The van der Waals surface area contributed by atoms with E-state index in [-0.39, 0.29) is 24.0 Å². The number of anilines is 1. The molecule has 3 N–H and O–H groups in total. The van der Waals surface area contributed by atoms with E-state index in [0.717, 1.165) is 17.5 Å². The van der Waals surface area contributed by atoms with Gasteiger partial charge in [-0.1, -0.05) is 25.3 Å². The Balaban J connectivity index is 0.00000147. The van der Waals surface area contributed by atoms with Gasteiger partial charge in [-0.25, -0.2) is 4.99 Å². The summed E-state index contributed by atoms with van der Waals surface area (Å²) < 4.78 is 0. The summed E-state index contributed by atoms with van der Waals surface area (Å²) in [6, 6.07) is 6.84. The van der Waals surface area contributed by atoms with Crippen molar-refractivity contribution in [2.24, 2.45) is 22.6 Å². The third-order valence-electron chi connectivity index (χ3n) is 4.36. The molecule has 0 heterocycles. The summed E-state index contributed by atoms with van der Waals surface area (Å²) >= 11 is 0. The topological polar surface area (TPSA) is 50.4 Å². The van der Waals surface area contributed by atoms with Crippen molar-refractivity contribution in [3.05, 3.63) is 29.3 Å². The summed E-state index contributed by atoms with van der Waals surface area (Å²) in [5, 5.41) is 3.22. The van der Waals surface area contributed by atoms with Crippen molar-refractivity contribution in [1.82, 2.24) is 0 Å². The van der Waals surface area contributed by atoms with Gasteiger partial charge in [-0.2, -0.15) is 0 Å². The first-order valence-electron chi connectivity index (χ1n) is 7.30. The van der Waals surface area contributed by atoms with Gasteiger partial charge in [0.15, 0.2) is 5.96 Å². The molecule has 0 spiro atoms. The van der Waals surface area contributed by atoms with Gasteiger partial charge in [-0.05, 0) is 55.4 Å². The Hall–Kier alpha value is -0.780. The monoisotopic (exact) mass is 385 g/mol. The van der Waals surface area contributed by atoms with E-state index >= 15 is 0 Å². The molecular formula is C16H24IN3. The first-order valence-corrected chi connectivity index (χ1v) is 7.30. The Bertz CT molecular complexity index is 488. The minimum atomic E-state index is 0. The van der Waals surface area contributed by atoms with Gasteiger partial charge < -0.3 is 11.1 Å². The summed E-state index contributed by atoms with van der Waals surface area (Å²) in [7, 11) is 0. The summed E-state index contributed by atoms with van der Waals surface area (Å²) in [5.41, 5.74) is 9.54. The molecule has 2 aliphatic carbocycles. The molecule has 0 radical (unpaired) electrons. The Morgan fingerprint density at radius 3 is 2.40 bits per heavy atom. The van der Waals surface area contributed by atoms with Crippen molar-refractivity contribution in [1.29, 1.82) is 0 Å². The molecule has 0 aromatic heterocycles. The molecule has 0 aliphatic heterocycles. The highest BCUT2D eigenvalue weighted by Gasteiger charge is 2.45. The summed E-state index contributed by atoms with van der Waals surface area (Å²) in [6.45, 7) is 4.19. The van der Waals surface area contributed by atoms with Crippen molar-refractivity contribution in [2.75, 3.05) is 5.32 Å². The number of halogens is 1. The molecule has 0 bridgehead atoms. The maximum Gasteiger partial charge on any atom is 0.193 e. The molecule has 0 amide bonds. The number of aliphatic imine (C=N–C) groups is 1. The maximum atomic E-state index is 6.01. The Morgan fingerprint density at radius 2 is 1.85 bits per heavy atom.